The van der Waals surface area contributed by atoms with Gasteiger partial charge in [-0.25, -0.2) is 4.98 Å². The van der Waals surface area contributed by atoms with Gasteiger partial charge in [0.1, 0.15) is 17.5 Å². The molecule has 0 bridgehead atoms. The van der Waals surface area contributed by atoms with Crippen molar-refractivity contribution in [2.45, 2.75) is 13.5 Å². The number of rotatable bonds is 5. The number of benzene rings is 2. The van der Waals surface area contributed by atoms with Crippen LogP contribution in [0.4, 0.5) is 5.69 Å². The molecule has 0 saturated carbocycles. The number of hydrogen-bond acceptors (Lipinski definition) is 6. The van der Waals surface area contributed by atoms with E-state index in [1.54, 1.807) is 18.9 Å². The van der Waals surface area contributed by atoms with E-state index < -0.39 is 0 Å². The van der Waals surface area contributed by atoms with Crippen LogP contribution in [0, 0.1) is 6.92 Å². The molecule has 0 radical (unpaired) electrons. The van der Waals surface area contributed by atoms with Crippen LogP contribution < -0.4 is 10.5 Å². The molecule has 1 aliphatic rings. The molecule has 0 N–H and O–H groups in total. The number of amides is 1. The first-order chi connectivity index (χ1) is 16.1. The highest BCUT2D eigenvalue weighted by atomic mass is 16.5. The summed E-state index contributed by atoms with van der Waals surface area (Å²) < 4.78 is 12.2. The second-order valence-corrected chi connectivity index (χ2v) is 8.26. The highest BCUT2D eigenvalue weighted by Crippen LogP contribution is 2.26. The molecular formula is C25H26N4O4. The number of methoxy groups -OCH3 is 1. The second kappa shape index (κ2) is 8.71. The van der Waals surface area contributed by atoms with E-state index in [1.807, 2.05) is 12.1 Å². The first-order valence-corrected chi connectivity index (χ1v) is 11.1. The normalized spacial score (nSPS) is 14.4. The summed E-state index contributed by atoms with van der Waals surface area (Å²) >= 11 is 0. The molecule has 1 amide bonds. The Hall–Kier alpha value is -3.65. The van der Waals surface area contributed by atoms with Crippen molar-refractivity contribution < 1.29 is 13.9 Å². The Kier molecular flexibility index (Phi) is 5.60. The molecule has 0 unspecified atom stereocenters. The molecule has 1 aliphatic heterocycles. The van der Waals surface area contributed by atoms with Crippen LogP contribution in [0.2, 0.25) is 0 Å². The van der Waals surface area contributed by atoms with Gasteiger partial charge in [-0.15, -0.1) is 0 Å². The molecule has 4 aromatic rings. The molecule has 8 heteroatoms. The predicted molar refractivity (Wildman–Crippen MR) is 127 cm³/mol. The van der Waals surface area contributed by atoms with Gasteiger partial charge in [0, 0.05) is 39.0 Å². The van der Waals surface area contributed by atoms with Crippen LogP contribution in [-0.4, -0.2) is 60.3 Å². The lowest BCUT2D eigenvalue weighted by atomic mass is 10.1. The third-order valence-electron chi connectivity index (χ3n) is 6.27. The number of hydrogen-bond donors (Lipinski definition) is 0. The first kappa shape index (κ1) is 21.2. The predicted octanol–water partition coefficient (Wildman–Crippen LogP) is 3.06. The smallest absolute Gasteiger partial charge is 0.265 e. The summed E-state index contributed by atoms with van der Waals surface area (Å²) in [5, 5.41) is 2.65. The Balaban J connectivity index is 1.37. The summed E-state index contributed by atoms with van der Waals surface area (Å²) in [7, 11) is 1.57. The molecule has 5 rings (SSSR count). The monoisotopic (exact) mass is 446 g/mol. The van der Waals surface area contributed by atoms with Crippen molar-refractivity contribution in [3.63, 3.8) is 0 Å². The summed E-state index contributed by atoms with van der Waals surface area (Å²) in [4.78, 5) is 34.8. The maximum Gasteiger partial charge on any atom is 0.265 e. The van der Waals surface area contributed by atoms with Crippen molar-refractivity contribution in [3.8, 4) is 0 Å². The van der Waals surface area contributed by atoms with Gasteiger partial charge in [0.25, 0.3) is 11.5 Å². The highest BCUT2D eigenvalue weighted by molar-refractivity contribution is 6.06. The first-order valence-electron chi connectivity index (χ1n) is 11.1. The van der Waals surface area contributed by atoms with Crippen LogP contribution in [0.1, 0.15) is 16.1 Å². The van der Waals surface area contributed by atoms with E-state index in [4.69, 9.17) is 9.15 Å². The van der Waals surface area contributed by atoms with Gasteiger partial charge >= 0.3 is 0 Å². The number of anilines is 1. The van der Waals surface area contributed by atoms with Crippen molar-refractivity contribution in [3.05, 3.63) is 70.5 Å². The number of carbonyl (C=O) groups excluding carboxylic acids is 1. The number of furan rings is 1. The zero-order valence-electron chi connectivity index (χ0n) is 18.8. The summed E-state index contributed by atoms with van der Waals surface area (Å²) in [6.07, 6.45) is 1.43. The van der Waals surface area contributed by atoms with Crippen molar-refractivity contribution in [2.75, 3.05) is 44.8 Å². The molecule has 8 nitrogen and oxygen atoms in total. The fourth-order valence-corrected chi connectivity index (χ4v) is 4.44. The second-order valence-electron chi connectivity index (χ2n) is 8.26. The van der Waals surface area contributed by atoms with Crippen LogP contribution in [0.15, 0.2) is 58.0 Å². The minimum atomic E-state index is -0.285. The van der Waals surface area contributed by atoms with Crippen LogP contribution in [0.25, 0.3) is 21.9 Å². The van der Waals surface area contributed by atoms with Gasteiger partial charge in [-0.1, -0.05) is 30.3 Å². The summed E-state index contributed by atoms with van der Waals surface area (Å²) in [6.45, 7) is 5.01. The Morgan fingerprint density at radius 2 is 1.85 bits per heavy atom. The van der Waals surface area contributed by atoms with Crippen molar-refractivity contribution >= 4 is 33.5 Å². The zero-order chi connectivity index (χ0) is 22.9. The number of aromatic nitrogens is 2. The third-order valence-corrected chi connectivity index (χ3v) is 6.27. The average molecular weight is 447 g/mol. The number of ether oxygens (including phenoxy) is 1. The third kappa shape index (κ3) is 3.87. The Bertz CT molecular complexity index is 1380. The number of piperazine rings is 1. The van der Waals surface area contributed by atoms with Gasteiger partial charge in [0.2, 0.25) is 5.71 Å². The SMILES string of the molecule is COCCn1cnc2oc(C)c(C(=O)N3CCN(c4ccc5ccccc5c4)CC3)c2c1=O. The molecule has 0 aliphatic carbocycles. The molecule has 1 saturated heterocycles. The number of aryl methyl sites for hydroxylation is 1. The number of carbonyl (C=O) groups is 1. The topological polar surface area (TPSA) is 80.8 Å². The average Bonchev–Trinajstić information content (AvgIpc) is 3.19. The van der Waals surface area contributed by atoms with E-state index in [0.29, 0.717) is 37.6 Å². The lowest BCUT2D eigenvalue weighted by Gasteiger charge is -2.36. The molecule has 33 heavy (non-hydrogen) atoms. The Morgan fingerprint density at radius 1 is 1.09 bits per heavy atom. The molecule has 0 spiro atoms. The largest absolute Gasteiger partial charge is 0.442 e. The minimum Gasteiger partial charge on any atom is -0.442 e. The van der Waals surface area contributed by atoms with Crippen LogP contribution in [-0.2, 0) is 11.3 Å². The van der Waals surface area contributed by atoms with E-state index in [0.717, 1.165) is 18.8 Å². The molecule has 1 fully saturated rings. The maximum absolute atomic E-state index is 13.4. The van der Waals surface area contributed by atoms with Crippen LogP contribution in [0.5, 0.6) is 0 Å². The fraction of sp³-hybridized carbons (Fsp3) is 0.320. The maximum atomic E-state index is 13.4. The number of fused-ring (bicyclic) bond motifs is 2. The van der Waals surface area contributed by atoms with Gasteiger partial charge in [0.15, 0.2) is 0 Å². The van der Waals surface area contributed by atoms with E-state index in [-0.39, 0.29) is 22.6 Å². The minimum absolute atomic E-state index is 0.187. The van der Waals surface area contributed by atoms with Gasteiger partial charge in [-0.05, 0) is 29.8 Å². The standard InChI is InChI=1S/C25H26N4O4/c1-17-21(22-23(33-17)26-16-29(25(22)31)13-14-32-2)24(30)28-11-9-27(10-12-28)20-8-7-18-5-3-4-6-19(18)15-20/h3-8,15-16H,9-14H2,1-2H3. The van der Waals surface area contributed by atoms with Crippen LogP contribution in [0.3, 0.4) is 0 Å². The molecule has 3 heterocycles. The zero-order valence-corrected chi connectivity index (χ0v) is 18.8. The summed E-state index contributed by atoms with van der Waals surface area (Å²) in [5.74, 6) is 0.230. The van der Waals surface area contributed by atoms with Gasteiger partial charge in [0.05, 0.1) is 18.7 Å². The van der Waals surface area contributed by atoms with Crippen molar-refractivity contribution in [1.82, 2.24) is 14.5 Å². The van der Waals surface area contributed by atoms with E-state index >= 15 is 0 Å². The fourth-order valence-electron chi connectivity index (χ4n) is 4.44. The Morgan fingerprint density at radius 3 is 2.61 bits per heavy atom. The lowest BCUT2D eigenvalue weighted by molar-refractivity contribution is 0.0746. The molecule has 2 aromatic heterocycles. The summed E-state index contributed by atoms with van der Waals surface area (Å²) in [6, 6.07) is 14.7. The van der Waals surface area contributed by atoms with Crippen LogP contribution >= 0.6 is 0 Å². The summed E-state index contributed by atoms with van der Waals surface area (Å²) in [5.41, 5.74) is 1.38. The lowest BCUT2D eigenvalue weighted by Crippen LogP contribution is -2.49. The molecule has 170 valence electrons. The van der Waals surface area contributed by atoms with Gasteiger partial charge in [-0.2, -0.15) is 0 Å². The molecule has 0 atom stereocenters. The molecule has 2 aromatic carbocycles. The Labute approximate surface area is 191 Å². The van der Waals surface area contributed by atoms with Gasteiger partial charge < -0.3 is 19.0 Å². The molecular weight excluding hydrogens is 420 g/mol. The van der Waals surface area contributed by atoms with E-state index in [1.165, 1.54) is 21.7 Å². The quantitative estimate of drug-likeness (QED) is 0.469. The number of nitrogens with zero attached hydrogens (tertiary/aromatic N) is 4. The van der Waals surface area contributed by atoms with E-state index in [9.17, 15) is 9.59 Å². The van der Waals surface area contributed by atoms with Gasteiger partial charge in [-0.3, -0.25) is 14.2 Å². The van der Waals surface area contributed by atoms with Crippen molar-refractivity contribution in [1.29, 1.82) is 0 Å². The van der Waals surface area contributed by atoms with E-state index in [2.05, 4.69) is 40.2 Å². The highest BCUT2D eigenvalue weighted by Gasteiger charge is 2.29. The van der Waals surface area contributed by atoms with Crippen molar-refractivity contribution in [2.24, 2.45) is 0 Å².